The summed E-state index contributed by atoms with van der Waals surface area (Å²) in [6.07, 6.45) is 10.9. The lowest BCUT2D eigenvalue weighted by Gasteiger charge is -2.30. The lowest BCUT2D eigenvalue weighted by molar-refractivity contribution is -0.136. The molecule has 8 nitrogen and oxygen atoms in total. The molecule has 2 saturated heterocycles. The lowest BCUT2D eigenvalue weighted by atomic mass is 10.1. The second-order valence-corrected chi connectivity index (χ2v) is 6.39. The number of morpholine rings is 1. The third kappa shape index (κ3) is 3.54. The van der Waals surface area contributed by atoms with Gasteiger partial charge in [0.1, 0.15) is 6.33 Å². The van der Waals surface area contributed by atoms with Crippen molar-refractivity contribution in [3.05, 3.63) is 36.8 Å². The van der Waals surface area contributed by atoms with E-state index >= 15 is 0 Å². The topological polar surface area (TPSA) is 76.4 Å². The minimum atomic E-state index is 0.140. The van der Waals surface area contributed by atoms with Gasteiger partial charge in [0.15, 0.2) is 5.82 Å². The Morgan fingerprint density at radius 3 is 2.88 bits per heavy atom. The van der Waals surface area contributed by atoms with Crippen molar-refractivity contribution in [2.24, 2.45) is 0 Å². The summed E-state index contributed by atoms with van der Waals surface area (Å²) < 4.78 is 7.17. The molecule has 0 spiro atoms. The van der Waals surface area contributed by atoms with Gasteiger partial charge >= 0.3 is 0 Å². The first-order valence-corrected chi connectivity index (χ1v) is 8.71. The smallest absolute Gasteiger partial charge is 0.236 e. The number of aromatic nitrogens is 4. The minimum Gasteiger partial charge on any atom is -0.378 e. The highest BCUT2D eigenvalue weighted by Gasteiger charge is 2.30. The normalized spacial score (nSPS) is 21.6. The van der Waals surface area contributed by atoms with Crippen molar-refractivity contribution in [1.82, 2.24) is 29.3 Å². The van der Waals surface area contributed by atoms with Crippen LogP contribution < -0.4 is 0 Å². The molecule has 2 aromatic heterocycles. The van der Waals surface area contributed by atoms with E-state index in [0.29, 0.717) is 32.8 Å². The van der Waals surface area contributed by atoms with Crippen molar-refractivity contribution in [3.8, 4) is 5.82 Å². The van der Waals surface area contributed by atoms with E-state index in [1.165, 1.54) is 0 Å². The number of rotatable bonds is 4. The maximum atomic E-state index is 12.6. The molecule has 4 heterocycles. The number of imidazole rings is 1. The van der Waals surface area contributed by atoms with E-state index in [4.69, 9.17) is 9.72 Å². The Kier molecular flexibility index (Phi) is 4.71. The molecule has 2 aromatic rings. The molecule has 0 N–H and O–H groups in total. The van der Waals surface area contributed by atoms with Crippen molar-refractivity contribution in [3.63, 3.8) is 0 Å². The Morgan fingerprint density at radius 1 is 1.20 bits per heavy atom. The number of nitrogens with zero attached hydrogens (tertiary/aromatic N) is 6. The summed E-state index contributed by atoms with van der Waals surface area (Å²) in [7, 11) is 0. The number of hydrogen-bond donors (Lipinski definition) is 0. The zero-order chi connectivity index (χ0) is 17.1. The fourth-order valence-electron chi connectivity index (χ4n) is 3.49. The number of amides is 1. The zero-order valence-corrected chi connectivity index (χ0v) is 14.1. The van der Waals surface area contributed by atoms with Gasteiger partial charge in [0, 0.05) is 25.5 Å². The van der Waals surface area contributed by atoms with Crippen molar-refractivity contribution in [2.45, 2.75) is 18.9 Å². The molecule has 2 aliphatic rings. The van der Waals surface area contributed by atoms with Crippen molar-refractivity contribution < 1.29 is 9.53 Å². The third-order valence-corrected chi connectivity index (χ3v) is 4.82. The standard InChI is InChI=1S/C17H22N6O2/c24-17(21-6-8-25-9-7-21)12-22-4-1-2-15(22)14-10-19-11-16(20-14)23-5-3-18-13-23/h3,5,10-11,13,15H,1-2,4,6-9,12H2/t15-/m1/s1. The van der Waals surface area contributed by atoms with Crippen molar-refractivity contribution in [2.75, 3.05) is 39.4 Å². The number of ether oxygens (including phenoxy) is 1. The van der Waals surface area contributed by atoms with Crippen LogP contribution in [0.5, 0.6) is 0 Å². The predicted octanol–water partition coefficient (Wildman–Crippen LogP) is 0.658. The quantitative estimate of drug-likeness (QED) is 0.812. The maximum absolute atomic E-state index is 12.6. The fourth-order valence-corrected chi connectivity index (χ4v) is 3.49. The third-order valence-electron chi connectivity index (χ3n) is 4.82. The lowest BCUT2D eigenvalue weighted by Crippen LogP contribution is -2.45. The van der Waals surface area contributed by atoms with Gasteiger partial charge in [-0.05, 0) is 19.4 Å². The predicted molar refractivity (Wildman–Crippen MR) is 90.1 cm³/mol. The van der Waals surface area contributed by atoms with Crippen LogP contribution in [0.3, 0.4) is 0 Å². The average Bonchev–Trinajstić information content (AvgIpc) is 3.35. The molecular formula is C17H22N6O2. The van der Waals surface area contributed by atoms with Gasteiger partial charge in [-0.15, -0.1) is 0 Å². The van der Waals surface area contributed by atoms with E-state index in [2.05, 4.69) is 14.9 Å². The van der Waals surface area contributed by atoms with E-state index in [0.717, 1.165) is 30.9 Å². The number of carbonyl (C=O) groups is 1. The molecule has 2 fully saturated rings. The maximum Gasteiger partial charge on any atom is 0.236 e. The molecule has 0 saturated carbocycles. The van der Waals surface area contributed by atoms with E-state index < -0.39 is 0 Å². The van der Waals surface area contributed by atoms with Crippen LogP contribution >= 0.6 is 0 Å². The molecule has 8 heteroatoms. The highest BCUT2D eigenvalue weighted by Crippen LogP contribution is 2.30. The van der Waals surface area contributed by atoms with Gasteiger partial charge in [0.05, 0.1) is 43.9 Å². The van der Waals surface area contributed by atoms with Crippen LogP contribution in [0.4, 0.5) is 0 Å². The molecule has 4 rings (SSSR count). The van der Waals surface area contributed by atoms with Gasteiger partial charge in [-0.25, -0.2) is 9.97 Å². The summed E-state index contributed by atoms with van der Waals surface area (Å²) in [4.78, 5) is 29.8. The van der Waals surface area contributed by atoms with E-state index in [-0.39, 0.29) is 11.9 Å². The first-order valence-electron chi connectivity index (χ1n) is 8.71. The molecule has 1 amide bonds. The Labute approximate surface area is 146 Å². The molecule has 0 aromatic carbocycles. The van der Waals surface area contributed by atoms with Crippen molar-refractivity contribution in [1.29, 1.82) is 0 Å². The van der Waals surface area contributed by atoms with Crippen LogP contribution in [0.25, 0.3) is 5.82 Å². The highest BCUT2D eigenvalue weighted by atomic mass is 16.5. The van der Waals surface area contributed by atoms with Crippen LogP contribution in [-0.4, -0.2) is 74.6 Å². The summed E-state index contributed by atoms with van der Waals surface area (Å²) in [6, 6.07) is 0.140. The SMILES string of the molecule is O=C(CN1CCC[C@@H]1c1cncc(-n2ccnc2)n1)N1CCOCC1. The zero-order valence-electron chi connectivity index (χ0n) is 14.1. The second kappa shape index (κ2) is 7.28. The number of hydrogen-bond acceptors (Lipinski definition) is 6. The van der Waals surface area contributed by atoms with Crippen LogP contribution in [0.1, 0.15) is 24.6 Å². The van der Waals surface area contributed by atoms with E-state index in [1.54, 1.807) is 18.7 Å². The van der Waals surface area contributed by atoms with Gasteiger partial charge in [-0.3, -0.25) is 19.2 Å². The second-order valence-electron chi connectivity index (χ2n) is 6.39. The highest BCUT2D eigenvalue weighted by molar-refractivity contribution is 5.78. The van der Waals surface area contributed by atoms with Gasteiger partial charge in [0.2, 0.25) is 5.91 Å². The molecule has 25 heavy (non-hydrogen) atoms. The summed E-state index contributed by atoms with van der Waals surface area (Å²) in [5.41, 5.74) is 0.915. The first-order chi connectivity index (χ1) is 12.3. The summed E-state index contributed by atoms with van der Waals surface area (Å²) in [6.45, 7) is 3.99. The Bertz CT molecular complexity index is 714. The fraction of sp³-hybridized carbons (Fsp3) is 0.529. The molecule has 0 aliphatic carbocycles. The average molecular weight is 342 g/mol. The Morgan fingerprint density at radius 2 is 2.08 bits per heavy atom. The molecule has 2 aliphatic heterocycles. The minimum absolute atomic E-state index is 0.140. The van der Waals surface area contributed by atoms with Crippen LogP contribution in [0.2, 0.25) is 0 Å². The van der Waals surface area contributed by atoms with E-state index in [1.807, 2.05) is 21.9 Å². The largest absolute Gasteiger partial charge is 0.378 e. The van der Waals surface area contributed by atoms with Crippen LogP contribution in [0, 0.1) is 0 Å². The van der Waals surface area contributed by atoms with Gasteiger partial charge in [-0.2, -0.15) is 0 Å². The van der Waals surface area contributed by atoms with Crippen LogP contribution in [-0.2, 0) is 9.53 Å². The van der Waals surface area contributed by atoms with Crippen molar-refractivity contribution >= 4 is 5.91 Å². The van der Waals surface area contributed by atoms with Crippen LogP contribution in [0.15, 0.2) is 31.1 Å². The first kappa shape index (κ1) is 16.2. The molecule has 1 atom stereocenters. The Balaban J connectivity index is 1.48. The van der Waals surface area contributed by atoms with Gasteiger partial charge in [-0.1, -0.05) is 0 Å². The monoisotopic (exact) mass is 342 g/mol. The van der Waals surface area contributed by atoms with Gasteiger partial charge < -0.3 is 9.64 Å². The molecule has 0 unspecified atom stereocenters. The summed E-state index contributed by atoms with van der Waals surface area (Å²) in [5.74, 6) is 0.926. The summed E-state index contributed by atoms with van der Waals surface area (Å²) in [5, 5.41) is 0. The molecule has 0 bridgehead atoms. The molecule has 0 radical (unpaired) electrons. The summed E-state index contributed by atoms with van der Waals surface area (Å²) >= 11 is 0. The number of carbonyl (C=O) groups excluding carboxylic acids is 1. The molecule has 132 valence electrons. The van der Waals surface area contributed by atoms with E-state index in [9.17, 15) is 4.79 Å². The Hall–Kier alpha value is -2.32. The number of likely N-dealkylation sites (tertiary alicyclic amines) is 1. The van der Waals surface area contributed by atoms with Gasteiger partial charge in [0.25, 0.3) is 0 Å². The molecular weight excluding hydrogens is 320 g/mol.